The second-order valence-corrected chi connectivity index (χ2v) is 6.65. The first-order chi connectivity index (χ1) is 9.35. The largest absolute Gasteiger partial charge is 0.342 e. The zero-order chi connectivity index (χ0) is 14.5. The van der Waals surface area contributed by atoms with E-state index in [1.807, 2.05) is 30.1 Å². The molecule has 1 aliphatic carbocycles. The average molecular weight is 271 g/mol. The highest BCUT2D eigenvalue weighted by Crippen LogP contribution is 2.36. The Morgan fingerprint density at radius 2 is 2.10 bits per heavy atom. The summed E-state index contributed by atoms with van der Waals surface area (Å²) in [5.74, 6) is 0.277. The number of hydrogen-bond donors (Lipinski definition) is 0. The van der Waals surface area contributed by atoms with Crippen LogP contribution in [-0.2, 0) is 20.0 Å². The normalized spacial score (nSPS) is 17.3. The number of nitrogens with zero attached hydrogens (tertiary/aromatic N) is 3. The lowest BCUT2D eigenvalue weighted by Crippen LogP contribution is -2.28. The van der Waals surface area contributed by atoms with Crippen LogP contribution in [0.3, 0.4) is 0 Å². The van der Waals surface area contributed by atoms with Crippen LogP contribution in [0.15, 0.2) is 18.3 Å². The third-order valence-corrected chi connectivity index (χ3v) is 4.09. The Labute approximate surface area is 119 Å². The van der Waals surface area contributed by atoms with Crippen LogP contribution in [0.25, 0.3) is 0 Å². The molecule has 1 aliphatic rings. The standard InChI is InChI=1S/C16H21N3O/c1-11-7-13-14(8-16(2,3)9-15(13)20)19(11)10-12-5-6-18(4)17-12/h5-7H,8-10H2,1-4H3. The van der Waals surface area contributed by atoms with Crippen molar-refractivity contribution in [1.82, 2.24) is 14.3 Å². The van der Waals surface area contributed by atoms with E-state index in [0.717, 1.165) is 29.9 Å². The van der Waals surface area contributed by atoms with Gasteiger partial charge in [-0.2, -0.15) is 5.10 Å². The summed E-state index contributed by atoms with van der Waals surface area (Å²) in [7, 11) is 1.92. The summed E-state index contributed by atoms with van der Waals surface area (Å²) in [6.45, 7) is 7.15. The minimum absolute atomic E-state index is 0.0523. The third kappa shape index (κ3) is 2.19. The van der Waals surface area contributed by atoms with Crippen LogP contribution in [-0.4, -0.2) is 20.1 Å². The van der Waals surface area contributed by atoms with Gasteiger partial charge >= 0.3 is 0 Å². The number of Topliss-reactive ketones (excluding diaryl/α,β-unsaturated/α-hetero) is 1. The van der Waals surface area contributed by atoms with Crippen molar-refractivity contribution >= 4 is 5.78 Å². The first-order valence-corrected chi connectivity index (χ1v) is 7.06. The first-order valence-electron chi connectivity index (χ1n) is 7.06. The Kier molecular flexibility index (Phi) is 2.85. The molecule has 20 heavy (non-hydrogen) atoms. The van der Waals surface area contributed by atoms with Gasteiger partial charge in [-0.05, 0) is 30.9 Å². The summed E-state index contributed by atoms with van der Waals surface area (Å²) < 4.78 is 4.06. The molecule has 0 N–H and O–H groups in total. The van der Waals surface area contributed by atoms with Gasteiger partial charge in [0.25, 0.3) is 0 Å². The summed E-state index contributed by atoms with van der Waals surface area (Å²) in [5.41, 5.74) is 4.32. The van der Waals surface area contributed by atoms with Gasteiger partial charge in [-0.15, -0.1) is 0 Å². The molecule has 3 rings (SSSR count). The molecule has 2 aromatic heterocycles. The third-order valence-electron chi connectivity index (χ3n) is 4.09. The topological polar surface area (TPSA) is 39.8 Å². The fourth-order valence-corrected chi connectivity index (χ4v) is 3.14. The van der Waals surface area contributed by atoms with Crippen LogP contribution in [0.2, 0.25) is 0 Å². The molecule has 0 atom stereocenters. The number of hydrogen-bond acceptors (Lipinski definition) is 2. The predicted octanol–water partition coefficient (Wildman–Crippen LogP) is 2.73. The molecule has 0 aromatic carbocycles. The van der Waals surface area contributed by atoms with Gasteiger partial charge in [-0.3, -0.25) is 9.48 Å². The molecule has 0 saturated heterocycles. The van der Waals surface area contributed by atoms with Gasteiger partial charge < -0.3 is 4.57 Å². The molecule has 0 unspecified atom stereocenters. The lowest BCUT2D eigenvalue weighted by atomic mass is 9.76. The Morgan fingerprint density at radius 3 is 2.75 bits per heavy atom. The molecule has 106 valence electrons. The van der Waals surface area contributed by atoms with E-state index in [1.165, 1.54) is 5.69 Å². The number of aryl methyl sites for hydroxylation is 2. The molecule has 0 saturated carbocycles. The van der Waals surface area contributed by atoms with E-state index in [0.29, 0.717) is 6.42 Å². The SMILES string of the molecule is Cc1cc2c(n1Cc1ccn(C)n1)CC(C)(C)CC2=O. The van der Waals surface area contributed by atoms with Gasteiger partial charge in [0.2, 0.25) is 0 Å². The highest BCUT2D eigenvalue weighted by molar-refractivity contribution is 5.99. The van der Waals surface area contributed by atoms with E-state index in [2.05, 4.69) is 30.4 Å². The molecule has 4 heteroatoms. The average Bonchev–Trinajstić information content (AvgIpc) is 2.86. The van der Waals surface area contributed by atoms with E-state index in [1.54, 1.807) is 0 Å². The molecular weight excluding hydrogens is 250 g/mol. The Balaban J connectivity index is 2.02. The quantitative estimate of drug-likeness (QED) is 0.842. The van der Waals surface area contributed by atoms with E-state index in [4.69, 9.17) is 0 Å². The molecule has 0 bridgehead atoms. The molecule has 4 nitrogen and oxygen atoms in total. The number of carbonyl (C=O) groups excluding carboxylic acids is 1. The highest BCUT2D eigenvalue weighted by Gasteiger charge is 2.33. The summed E-state index contributed by atoms with van der Waals surface area (Å²) in [5, 5.41) is 4.44. The zero-order valence-electron chi connectivity index (χ0n) is 12.6. The van der Waals surface area contributed by atoms with Crippen molar-refractivity contribution in [2.75, 3.05) is 0 Å². The molecule has 0 aliphatic heterocycles. The Morgan fingerprint density at radius 1 is 1.35 bits per heavy atom. The molecule has 0 amide bonds. The fourth-order valence-electron chi connectivity index (χ4n) is 3.14. The van der Waals surface area contributed by atoms with Crippen molar-refractivity contribution in [2.24, 2.45) is 12.5 Å². The van der Waals surface area contributed by atoms with Crippen LogP contribution >= 0.6 is 0 Å². The second kappa shape index (κ2) is 4.33. The van der Waals surface area contributed by atoms with Crippen molar-refractivity contribution in [3.63, 3.8) is 0 Å². The number of aromatic nitrogens is 3. The predicted molar refractivity (Wildman–Crippen MR) is 77.9 cm³/mol. The van der Waals surface area contributed by atoms with Crippen molar-refractivity contribution in [2.45, 2.75) is 40.2 Å². The monoisotopic (exact) mass is 271 g/mol. The molecule has 2 aromatic rings. The van der Waals surface area contributed by atoms with Gasteiger partial charge in [0.1, 0.15) is 0 Å². The number of rotatable bonds is 2. The van der Waals surface area contributed by atoms with Crippen molar-refractivity contribution < 1.29 is 4.79 Å². The number of ketones is 1. The van der Waals surface area contributed by atoms with Gasteiger partial charge in [0, 0.05) is 36.6 Å². The first kappa shape index (κ1) is 13.2. The Bertz CT molecular complexity index is 676. The van der Waals surface area contributed by atoms with Crippen LogP contribution in [0.4, 0.5) is 0 Å². The van der Waals surface area contributed by atoms with Crippen LogP contribution in [0.1, 0.15) is 47.7 Å². The van der Waals surface area contributed by atoms with Crippen LogP contribution in [0, 0.1) is 12.3 Å². The summed E-state index contributed by atoms with van der Waals surface area (Å²) >= 11 is 0. The Hall–Kier alpha value is -1.84. The van der Waals surface area contributed by atoms with E-state index < -0.39 is 0 Å². The van der Waals surface area contributed by atoms with E-state index in [9.17, 15) is 4.79 Å². The van der Waals surface area contributed by atoms with Crippen LogP contribution in [0.5, 0.6) is 0 Å². The zero-order valence-corrected chi connectivity index (χ0v) is 12.6. The van der Waals surface area contributed by atoms with Crippen molar-refractivity contribution in [1.29, 1.82) is 0 Å². The lowest BCUT2D eigenvalue weighted by molar-refractivity contribution is 0.0910. The maximum Gasteiger partial charge on any atom is 0.165 e. The van der Waals surface area contributed by atoms with Gasteiger partial charge in [-0.25, -0.2) is 0 Å². The molecule has 0 fully saturated rings. The van der Waals surface area contributed by atoms with Crippen molar-refractivity contribution in [3.05, 3.63) is 41.0 Å². The molecular formula is C16H21N3O. The lowest BCUT2D eigenvalue weighted by Gasteiger charge is -2.29. The highest BCUT2D eigenvalue weighted by atomic mass is 16.1. The molecule has 0 radical (unpaired) electrons. The summed E-state index contributed by atoms with van der Waals surface area (Å²) in [4.78, 5) is 12.3. The smallest absolute Gasteiger partial charge is 0.165 e. The van der Waals surface area contributed by atoms with Gasteiger partial charge in [0.15, 0.2) is 5.78 Å². The molecule has 0 spiro atoms. The fraction of sp³-hybridized carbons (Fsp3) is 0.500. The van der Waals surface area contributed by atoms with E-state index in [-0.39, 0.29) is 11.2 Å². The minimum atomic E-state index is 0.0523. The van der Waals surface area contributed by atoms with Crippen LogP contribution < -0.4 is 0 Å². The number of carbonyl (C=O) groups is 1. The molecule has 2 heterocycles. The van der Waals surface area contributed by atoms with E-state index >= 15 is 0 Å². The maximum absolute atomic E-state index is 12.3. The summed E-state index contributed by atoms with van der Waals surface area (Å²) in [6, 6.07) is 4.07. The van der Waals surface area contributed by atoms with Gasteiger partial charge in [-0.1, -0.05) is 13.8 Å². The minimum Gasteiger partial charge on any atom is -0.342 e. The van der Waals surface area contributed by atoms with Gasteiger partial charge in [0.05, 0.1) is 12.2 Å². The number of fused-ring (bicyclic) bond motifs is 1. The second-order valence-electron chi connectivity index (χ2n) is 6.65. The van der Waals surface area contributed by atoms with Crippen molar-refractivity contribution in [3.8, 4) is 0 Å². The summed E-state index contributed by atoms with van der Waals surface area (Å²) in [6.07, 6.45) is 3.55. The maximum atomic E-state index is 12.3.